The highest BCUT2D eigenvalue weighted by atomic mass is 16.8. The maximum atomic E-state index is 10.4. The second-order valence-corrected chi connectivity index (χ2v) is 2.44. The molecule has 0 aromatic carbocycles. The molecule has 0 amide bonds. The molecule has 14 heavy (non-hydrogen) atoms. The average molecular weight is 207 g/mol. The number of rotatable bonds is 5. The first-order valence-electron chi connectivity index (χ1n) is 3.92. The topological polar surface area (TPSA) is 128 Å². The van der Waals surface area contributed by atoms with E-state index in [-0.39, 0.29) is 6.54 Å². The number of guanidine groups is 1. The van der Waals surface area contributed by atoms with Crippen LogP contribution in [0, 0.1) is 10.1 Å². The molecule has 0 aliphatic carbocycles. The van der Waals surface area contributed by atoms with Crippen molar-refractivity contribution in [1.82, 2.24) is 10.3 Å². The molecular formula is C5H13N5O4. The molecule has 0 bridgehead atoms. The fraction of sp³-hybridized carbons (Fsp3) is 0.800. The van der Waals surface area contributed by atoms with Gasteiger partial charge in [-0.15, -0.1) is 0 Å². The van der Waals surface area contributed by atoms with Crippen molar-refractivity contribution in [2.24, 2.45) is 10.8 Å². The first-order valence-corrected chi connectivity index (χ1v) is 3.92. The van der Waals surface area contributed by atoms with Crippen LogP contribution in [0.4, 0.5) is 0 Å². The summed E-state index contributed by atoms with van der Waals surface area (Å²) in [6, 6.07) is 0. The fourth-order valence-corrected chi connectivity index (χ4v) is 0.731. The van der Waals surface area contributed by atoms with Crippen molar-refractivity contribution in [1.29, 1.82) is 0 Å². The number of nitrogens with two attached hydrogens (primary N) is 1. The highest BCUT2D eigenvalue weighted by Crippen LogP contribution is 1.95. The van der Waals surface area contributed by atoms with Gasteiger partial charge in [0.15, 0.2) is 5.03 Å². The van der Waals surface area contributed by atoms with Crippen molar-refractivity contribution in [2.75, 3.05) is 6.54 Å². The molecule has 0 rings (SSSR count). The Morgan fingerprint density at radius 1 is 1.64 bits per heavy atom. The first kappa shape index (κ1) is 12.4. The van der Waals surface area contributed by atoms with E-state index < -0.39 is 16.3 Å². The van der Waals surface area contributed by atoms with Gasteiger partial charge in [-0.2, -0.15) is 0 Å². The lowest BCUT2D eigenvalue weighted by molar-refractivity contribution is -0.630. The Morgan fingerprint density at radius 3 is 2.57 bits per heavy atom. The Kier molecular flexibility index (Phi) is 5.26. The van der Waals surface area contributed by atoms with Gasteiger partial charge in [0.05, 0.1) is 6.54 Å². The summed E-state index contributed by atoms with van der Waals surface area (Å²) in [5, 5.41) is 29.0. The van der Waals surface area contributed by atoms with Gasteiger partial charge in [0.2, 0.25) is 0 Å². The van der Waals surface area contributed by atoms with Crippen molar-refractivity contribution in [3.8, 4) is 0 Å². The largest absolute Gasteiger partial charge is 0.364 e. The summed E-state index contributed by atoms with van der Waals surface area (Å²) in [4.78, 5) is 10.4. The molecule has 0 aliphatic heterocycles. The van der Waals surface area contributed by atoms with Gasteiger partial charge >= 0.3 is 0 Å². The molecule has 9 heteroatoms. The van der Waals surface area contributed by atoms with Crippen LogP contribution < -0.4 is 5.73 Å². The van der Waals surface area contributed by atoms with Crippen molar-refractivity contribution >= 4 is 5.96 Å². The molecule has 0 heterocycles. The molecule has 0 saturated carbocycles. The lowest BCUT2D eigenvalue weighted by atomic mass is 10.3. The van der Waals surface area contributed by atoms with E-state index in [1.807, 2.05) is 6.92 Å². The van der Waals surface area contributed by atoms with Crippen LogP contribution in [0.15, 0.2) is 5.10 Å². The van der Waals surface area contributed by atoms with Crippen LogP contribution in [-0.2, 0) is 0 Å². The first-order chi connectivity index (χ1) is 6.49. The minimum absolute atomic E-state index is 0.0622. The summed E-state index contributed by atoms with van der Waals surface area (Å²) < 4.78 is 0. The zero-order chi connectivity index (χ0) is 11.1. The van der Waals surface area contributed by atoms with E-state index in [4.69, 9.17) is 16.1 Å². The predicted octanol–water partition coefficient (Wildman–Crippen LogP) is -0.410. The maximum Gasteiger partial charge on any atom is 0.281 e. The Morgan fingerprint density at radius 2 is 2.21 bits per heavy atom. The van der Waals surface area contributed by atoms with Crippen LogP contribution in [0.1, 0.15) is 19.8 Å². The summed E-state index contributed by atoms with van der Waals surface area (Å²) in [5.74, 6) is -0.589. The number of hydrogen-bond acceptors (Lipinski definition) is 6. The smallest absolute Gasteiger partial charge is 0.281 e. The second kappa shape index (κ2) is 5.94. The average Bonchev–Trinajstić information content (AvgIpc) is 2.02. The molecular weight excluding hydrogens is 194 g/mol. The zero-order valence-electron chi connectivity index (χ0n) is 7.70. The minimum atomic E-state index is -0.766. The summed E-state index contributed by atoms with van der Waals surface area (Å²) in [5.41, 5.74) is 5.13. The molecule has 9 nitrogen and oxygen atoms in total. The van der Waals surface area contributed by atoms with Crippen molar-refractivity contribution in [3.63, 3.8) is 0 Å². The van der Waals surface area contributed by atoms with Crippen LogP contribution in [0.3, 0.4) is 0 Å². The van der Waals surface area contributed by atoms with Crippen LogP contribution in [0.25, 0.3) is 0 Å². The number of nitrogens with zero attached hydrogens (tertiary/aromatic N) is 4. The van der Waals surface area contributed by atoms with Crippen LogP contribution in [0.5, 0.6) is 0 Å². The van der Waals surface area contributed by atoms with Gasteiger partial charge in [-0.1, -0.05) is 23.5 Å². The number of nitro groups is 1. The Hall–Kier alpha value is -1.61. The fourth-order valence-electron chi connectivity index (χ4n) is 0.731. The highest BCUT2D eigenvalue weighted by Gasteiger charge is 2.19. The molecule has 0 spiro atoms. The van der Waals surface area contributed by atoms with Gasteiger partial charge in [0.25, 0.3) is 5.96 Å². The monoisotopic (exact) mass is 207 g/mol. The molecule has 0 aromatic rings. The summed E-state index contributed by atoms with van der Waals surface area (Å²) >= 11 is 0. The van der Waals surface area contributed by atoms with E-state index in [0.29, 0.717) is 11.4 Å². The quantitative estimate of drug-likeness (QED) is 0.242. The molecule has 0 unspecified atom stereocenters. The predicted molar refractivity (Wildman–Crippen MR) is 45.6 cm³/mol. The zero-order valence-corrected chi connectivity index (χ0v) is 7.70. The molecule has 0 saturated heterocycles. The highest BCUT2D eigenvalue weighted by molar-refractivity contribution is 5.76. The SMILES string of the molecule is CCCCN(C(N)=NN(O)O)[N+](=O)[O-]. The molecule has 82 valence electrons. The minimum Gasteiger partial charge on any atom is -0.364 e. The molecule has 0 atom stereocenters. The van der Waals surface area contributed by atoms with Crippen molar-refractivity contribution < 1.29 is 15.4 Å². The summed E-state index contributed by atoms with van der Waals surface area (Å²) in [6.07, 6.45) is 1.30. The molecule has 4 N–H and O–H groups in total. The normalized spacial score (nSPS) is 11.2. The van der Waals surface area contributed by atoms with E-state index in [0.717, 1.165) is 6.42 Å². The Labute approximate surface area is 80.0 Å². The van der Waals surface area contributed by atoms with Gasteiger partial charge in [-0.25, -0.2) is 20.5 Å². The molecule has 0 aromatic heterocycles. The second-order valence-electron chi connectivity index (χ2n) is 2.44. The summed E-state index contributed by atoms with van der Waals surface area (Å²) in [6.45, 7) is 1.92. The third-order valence-corrected chi connectivity index (χ3v) is 1.38. The molecule has 0 radical (unpaired) electrons. The van der Waals surface area contributed by atoms with Gasteiger partial charge in [0, 0.05) is 0 Å². The lowest BCUT2D eigenvalue weighted by Gasteiger charge is -2.12. The number of hydrazine groups is 1. The molecule has 0 aliphatic rings. The number of hydrogen-bond donors (Lipinski definition) is 3. The van der Waals surface area contributed by atoms with E-state index >= 15 is 0 Å². The van der Waals surface area contributed by atoms with Crippen molar-refractivity contribution in [2.45, 2.75) is 19.8 Å². The van der Waals surface area contributed by atoms with E-state index in [9.17, 15) is 10.1 Å². The maximum absolute atomic E-state index is 10.4. The van der Waals surface area contributed by atoms with E-state index in [2.05, 4.69) is 5.10 Å². The Bertz CT molecular complexity index is 218. The van der Waals surface area contributed by atoms with Gasteiger partial charge in [0.1, 0.15) is 0 Å². The lowest BCUT2D eigenvalue weighted by Crippen LogP contribution is -2.43. The number of hydrazone groups is 1. The summed E-state index contributed by atoms with van der Waals surface area (Å²) in [7, 11) is 0. The molecule has 0 fully saturated rings. The standard InChI is InChI=1S/C5H13N5O4/c1-2-3-4-8(10(13)14)5(6)7-9(11)12/h11-12H,2-4H2,1H3,(H2,6,7). The number of unbranched alkanes of at least 4 members (excludes halogenated alkanes) is 1. The van der Waals surface area contributed by atoms with E-state index in [1.165, 1.54) is 0 Å². The van der Waals surface area contributed by atoms with Crippen LogP contribution in [0.2, 0.25) is 0 Å². The third kappa shape index (κ3) is 4.42. The van der Waals surface area contributed by atoms with Gasteiger partial charge in [-0.05, 0) is 11.8 Å². The van der Waals surface area contributed by atoms with Crippen LogP contribution in [-0.4, -0.2) is 38.3 Å². The third-order valence-electron chi connectivity index (χ3n) is 1.38. The Balaban J connectivity index is 4.40. The van der Waals surface area contributed by atoms with Crippen molar-refractivity contribution in [3.05, 3.63) is 10.1 Å². The van der Waals surface area contributed by atoms with Gasteiger partial charge in [-0.3, -0.25) is 0 Å². The van der Waals surface area contributed by atoms with E-state index in [1.54, 1.807) is 0 Å². The van der Waals surface area contributed by atoms with Crippen LogP contribution >= 0.6 is 0 Å². The van der Waals surface area contributed by atoms with Gasteiger partial charge < -0.3 is 5.73 Å².